The predicted octanol–water partition coefficient (Wildman–Crippen LogP) is 4.19. The zero-order valence-electron chi connectivity index (χ0n) is 19.6. The van der Waals surface area contributed by atoms with Gasteiger partial charge in [-0.05, 0) is 42.0 Å². The number of nitrogens with zero attached hydrogens (tertiary/aromatic N) is 5. The third-order valence-corrected chi connectivity index (χ3v) is 6.01. The number of para-hydroxylation sites is 2. The Bertz CT molecular complexity index is 1260. The van der Waals surface area contributed by atoms with E-state index in [1.807, 2.05) is 108 Å². The van der Waals surface area contributed by atoms with Crippen LogP contribution in [0.2, 0.25) is 0 Å². The Morgan fingerprint density at radius 1 is 0.971 bits per heavy atom. The number of hydrogen-bond donors (Lipinski definition) is 2. The predicted molar refractivity (Wildman–Crippen MR) is 142 cm³/mol. The number of thioether (sulfide) groups is 1. The van der Waals surface area contributed by atoms with Crippen molar-refractivity contribution in [2.45, 2.75) is 11.7 Å². The molecule has 0 saturated carbocycles. The van der Waals surface area contributed by atoms with Crippen molar-refractivity contribution in [2.75, 3.05) is 30.1 Å². The minimum absolute atomic E-state index is 0.161. The number of hydrazone groups is 1. The standard InChI is InChI=1S/C26H27N7OS/c1-32(2)22-15-13-20(14-16-22)17-28-30-25(34)19-35-26-31-29-24(18-27-21-9-5-3-6-10-21)33(26)23-11-7-4-8-12-23/h3-17,27H,18-19H2,1-2H3,(H,30,34)/b28-17+. The highest BCUT2D eigenvalue weighted by atomic mass is 32.2. The molecule has 2 N–H and O–H groups in total. The molecule has 0 aliphatic rings. The first-order valence-corrected chi connectivity index (χ1v) is 12.1. The molecule has 3 aromatic carbocycles. The molecule has 1 aromatic heterocycles. The zero-order chi connectivity index (χ0) is 24.5. The van der Waals surface area contributed by atoms with Gasteiger partial charge >= 0.3 is 0 Å². The number of anilines is 2. The molecule has 4 aromatic rings. The summed E-state index contributed by atoms with van der Waals surface area (Å²) >= 11 is 1.31. The highest BCUT2D eigenvalue weighted by Crippen LogP contribution is 2.22. The van der Waals surface area contributed by atoms with Crippen molar-refractivity contribution in [1.82, 2.24) is 20.2 Å². The first-order valence-electron chi connectivity index (χ1n) is 11.1. The summed E-state index contributed by atoms with van der Waals surface area (Å²) in [6, 6.07) is 27.7. The second-order valence-electron chi connectivity index (χ2n) is 7.86. The molecular weight excluding hydrogens is 458 g/mol. The first kappa shape index (κ1) is 24.0. The van der Waals surface area contributed by atoms with E-state index in [1.54, 1.807) is 6.21 Å². The summed E-state index contributed by atoms with van der Waals surface area (Å²) < 4.78 is 1.96. The number of benzene rings is 3. The van der Waals surface area contributed by atoms with Crippen molar-refractivity contribution in [3.8, 4) is 5.69 Å². The van der Waals surface area contributed by atoms with E-state index in [1.165, 1.54) is 11.8 Å². The molecule has 9 heteroatoms. The second-order valence-corrected chi connectivity index (χ2v) is 8.80. The zero-order valence-corrected chi connectivity index (χ0v) is 20.4. The van der Waals surface area contributed by atoms with Gasteiger partial charge in [0.05, 0.1) is 18.5 Å². The van der Waals surface area contributed by atoms with E-state index in [0.29, 0.717) is 11.7 Å². The molecule has 35 heavy (non-hydrogen) atoms. The van der Waals surface area contributed by atoms with Gasteiger partial charge in [0, 0.05) is 31.2 Å². The van der Waals surface area contributed by atoms with Crippen LogP contribution in [0.25, 0.3) is 5.69 Å². The molecule has 0 radical (unpaired) electrons. The number of rotatable bonds is 10. The van der Waals surface area contributed by atoms with Gasteiger partial charge in [-0.2, -0.15) is 5.10 Å². The number of nitrogens with one attached hydrogen (secondary N) is 2. The highest BCUT2D eigenvalue weighted by Gasteiger charge is 2.15. The monoisotopic (exact) mass is 485 g/mol. The van der Waals surface area contributed by atoms with Crippen molar-refractivity contribution in [1.29, 1.82) is 0 Å². The Balaban J connectivity index is 1.39. The van der Waals surface area contributed by atoms with Crippen LogP contribution >= 0.6 is 11.8 Å². The van der Waals surface area contributed by atoms with Gasteiger partial charge in [0.2, 0.25) is 0 Å². The lowest BCUT2D eigenvalue weighted by Crippen LogP contribution is -2.20. The molecule has 0 saturated heterocycles. The molecular formula is C26H27N7OS. The molecule has 1 heterocycles. The van der Waals surface area contributed by atoms with E-state index < -0.39 is 0 Å². The molecule has 4 rings (SSSR count). The topological polar surface area (TPSA) is 87.4 Å². The first-order chi connectivity index (χ1) is 17.1. The normalized spacial score (nSPS) is 10.9. The summed E-state index contributed by atoms with van der Waals surface area (Å²) in [6.07, 6.45) is 1.63. The lowest BCUT2D eigenvalue weighted by molar-refractivity contribution is -0.118. The fourth-order valence-electron chi connectivity index (χ4n) is 3.28. The number of aromatic nitrogens is 3. The summed E-state index contributed by atoms with van der Waals surface area (Å²) in [5.41, 5.74) is 6.52. The van der Waals surface area contributed by atoms with Crippen LogP contribution in [-0.2, 0) is 11.3 Å². The fourth-order valence-corrected chi connectivity index (χ4v) is 4.04. The van der Waals surface area contributed by atoms with Crippen LogP contribution in [0.5, 0.6) is 0 Å². The SMILES string of the molecule is CN(C)c1ccc(/C=N/NC(=O)CSc2nnc(CNc3ccccc3)n2-c2ccccc2)cc1. The van der Waals surface area contributed by atoms with Crippen LogP contribution < -0.4 is 15.6 Å². The molecule has 0 bridgehead atoms. The average Bonchev–Trinajstić information content (AvgIpc) is 3.30. The van der Waals surface area contributed by atoms with Gasteiger partial charge in [0.15, 0.2) is 11.0 Å². The number of hydrogen-bond acceptors (Lipinski definition) is 7. The van der Waals surface area contributed by atoms with Crippen LogP contribution in [0.1, 0.15) is 11.4 Å². The van der Waals surface area contributed by atoms with Crippen LogP contribution in [0.3, 0.4) is 0 Å². The van der Waals surface area contributed by atoms with Gasteiger partial charge in [-0.15, -0.1) is 10.2 Å². The summed E-state index contributed by atoms with van der Waals surface area (Å²) in [6.45, 7) is 0.496. The van der Waals surface area contributed by atoms with Gasteiger partial charge in [-0.1, -0.05) is 60.3 Å². The summed E-state index contributed by atoms with van der Waals surface area (Å²) in [5, 5.41) is 16.8. The van der Waals surface area contributed by atoms with Crippen LogP contribution in [0, 0.1) is 0 Å². The molecule has 0 unspecified atom stereocenters. The van der Waals surface area contributed by atoms with E-state index in [4.69, 9.17) is 0 Å². The van der Waals surface area contributed by atoms with E-state index in [-0.39, 0.29) is 11.7 Å². The minimum atomic E-state index is -0.220. The quantitative estimate of drug-likeness (QED) is 0.199. The Kier molecular flexibility index (Phi) is 8.13. The lowest BCUT2D eigenvalue weighted by atomic mass is 10.2. The average molecular weight is 486 g/mol. The molecule has 0 spiro atoms. The molecule has 0 aliphatic heterocycles. The molecule has 178 valence electrons. The van der Waals surface area contributed by atoms with E-state index in [9.17, 15) is 4.79 Å². The van der Waals surface area contributed by atoms with Gasteiger partial charge in [0.25, 0.3) is 5.91 Å². The number of carbonyl (C=O) groups excluding carboxylic acids is 1. The molecule has 1 amide bonds. The molecule has 8 nitrogen and oxygen atoms in total. The van der Waals surface area contributed by atoms with Gasteiger partial charge in [0.1, 0.15) is 0 Å². The minimum Gasteiger partial charge on any atom is -0.378 e. The number of amides is 1. The van der Waals surface area contributed by atoms with E-state index in [0.717, 1.165) is 28.5 Å². The largest absolute Gasteiger partial charge is 0.378 e. The molecule has 0 atom stereocenters. The van der Waals surface area contributed by atoms with Crippen molar-refractivity contribution in [2.24, 2.45) is 5.10 Å². The second kappa shape index (κ2) is 11.8. The van der Waals surface area contributed by atoms with Crippen LogP contribution in [-0.4, -0.2) is 46.7 Å². The van der Waals surface area contributed by atoms with Crippen molar-refractivity contribution in [3.63, 3.8) is 0 Å². The maximum Gasteiger partial charge on any atom is 0.250 e. The van der Waals surface area contributed by atoms with Crippen LogP contribution in [0.4, 0.5) is 11.4 Å². The lowest BCUT2D eigenvalue weighted by Gasteiger charge is -2.11. The van der Waals surface area contributed by atoms with E-state index >= 15 is 0 Å². The van der Waals surface area contributed by atoms with Crippen molar-refractivity contribution >= 4 is 35.3 Å². The Morgan fingerprint density at radius 2 is 1.66 bits per heavy atom. The molecule has 0 aliphatic carbocycles. The van der Waals surface area contributed by atoms with Gasteiger partial charge in [-0.3, -0.25) is 9.36 Å². The molecule has 0 fully saturated rings. The van der Waals surface area contributed by atoms with Crippen LogP contribution in [0.15, 0.2) is 95.2 Å². The van der Waals surface area contributed by atoms with Crippen molar-refractivity contribution < 1.29 is 4.79 Å². The summed E-state index contributed by atoms with van der Waals surface area (Å²) in [5.74, 6) is 0.693. The maximum absolute atomic E-state index is 12.4. The Morgan fingerprint density at radius 3 is 2.34 bits per heavy atom. The third kappa shape index (κ3) is 6.70. The fraction of sp³-hybridized carbons (Fsp3) is 0.154. The highest BCUT2D eigenvalue weighted by molar-refractivity contribution is 7.99. The Labute approximate surface area is 209 Å². The maximum atomic E-state index is 12.4. The smallest absolute Gasteiger partial charge is 0.250 e. The van der Waals surface area contributed by atoms with E-state index in [2.05, 4.69) is 26.0 Å². The van der Waals surface area contributed by atoms with Gasteiger partial charge in [-0.25, -0.2) is 5.43 Å². The Hall–Kier alpha value is -4.11. The number of carbonyl (C=O) groups is 1. The van der Waals surface area contributed by atoms with Crippen molar-refractivity contribution in [3.05, 3.63) is 96.3 Å². The summed E-state index contributed by atoms with van der Waals surface area (Å²) in [4.78, 5) is 14.4. The third-order valence-electron chi connectivity index (χ3n) is 5.08. The van der Waals surface area contributed by atoms with Gasteiger partial charge < -0.3 is 10.2 Å². The summed E-state index contributed by atoms with van der Waals surface area (Å²) in [7, 11) is 3.98.